The molecule has 4 unspecified atom stereocenters. The molecule has 6 heterocycles. The van der Waals surface area contributed by atoms with E-state index in [9.17, 15) is 73.3 Å². The molecule has 6 saturated heterocycles. The number of rotatable bonds is 29. The Morgan fingerprint density at radius 2 is 0.560 bits per heavy atom. The molecule has 0 spiro atoms. The zero-order valence-corrected chi connectivity index (χ0v) is 71.9. The number of aliphatic hydroxyl groups excluding tert-OH is 2. The highest BCUT2D eigenvalue weighted by molar-refractivity contribution is 7.61. The van der Waals surface area contributed by atoms with Crippen molar-refractivity contribution in [3.05, 3.63) is 179 Å². The molecule has 660 valence electrons. The molecule has 0 aromatic heterocycles. The minimum atomic E-state index is -4.71. The summed E-state index contributed by atoms with van der Waals surface area (Å²) in [6.45, 7) is 22.6. The van der Waals surface area contributed by atoms with E-state index in [1.54, 1.807) is 168 Å². The van der Waals surface area contributed by atoms with Crippen LogP contribution in [0.2, 0.25) is 0 Å². The van der Waals surface area contributed by atoms with Gasteiger partial charge in [-0.2, -0.15) is 0 Å². The van der Waals surface area contributed by atoms with Crippen LogP contribution in [0.3, 0.4) is 0 Å². The largest absolute Gasteiger partial charge is 0.386 e. The molecule has 0 aliphatic carbocycles. The van der Waals surface area contributed by atoms with Crippen molar-refractivity contribution < 1.29 is 168 Å². The lowest BCUT2D eigenvalue weighted by molar-refractivity contribution is -0.0388. The molecule has 3 aromatic rings. The van der Waals surface area contributed by atoms with Gasteiger partial charge in [-0.1, -0.05) is 91.0 Å². The molecule has 6 aliphatic heterocycles. The smallest absolute Gasteiger partial charge is 0.348 e. The summed E-state index contributed by atoms with van der Waals surface area (Å²) in [6.07, 6.45) is -19.4. The van der Waals surface area contributed by atoms with E-state index in [1.165, 1.54) is 6.08 Å². The number of halogens is 6. The van der Waals surface area contributed by atoms with Crippen molar-refractivity contribution in [2.24, 2.45) is 0 Å². The fourth-order valence-electron chi connectivity index (χ4n) is 11.4. The van der Waals surface area contributed by atoms with Crippen molar-refractivity contribution in [3.8, 4) is 0 Å². The van der Waals surface area contributed by atoms with Crippen LogP contribution in [0.25, 0.3) is 0 Å². The fourth-order valence-corrected chi connectivity index (χ4v) is 13.9. The Bertz CT molecular complexity index is 4040. The molecule has 6 aliphatic rings. The van der Waals surface area contributed by atoms with Crippen molar-refractivity contribution in [3.63, 3.8) is 0 Å². The van der Waals surface area contributed by atoms with Crippen LogP contribution in [0, 0.1) is 0 Å². The van der Waals surface area contributed by atoms with Gasteiger partial charge in [0, 0.05) is 36.5 Å². The van der Waals surface area contributed by atoms with Gasteiger partial charge in [-0.15, -0.1) is 0 Å². The van der Waals surface area contributed by atoms with Crippen molar-refractivity contribution in [1.29, 1.82) is 0 Å². The summed E-state index contributed by atoms with van der Waals surface area (Å²) in [7, 11) is -24.9. The molecule has 0 bridgehead atoms. The van der Waals surface area contributed by atoms with Gasteiger partial charge in [-0.05, 0) is 148 Å². The van der Waals surface area contributed by atoms with Crippen molar-refractivity contribution in [2.45, 2.75) is 248 Å². The van der Waals surface area contributed by atoms with Gasteiger partial charge in [0.1, 0.15) is 104 Å². The summed E-state index contributed by atoms with van der Waals surface area (Å²) in [5, 5.41) is 17.6. The summed E-state index contributed by atoms with van der Waals surface area (Å²) in [5.74, 6) is -4.00. The SMILES string of the molecule is [2H]/C(=C\[C@H]1OC[C@H](F)[C@@H]1OC(C)C)P(=O)(O)CO.[2H]/C(=C\[C@H]1OC[C@H](F)[C@@H]1OC(C)C)P(=O)(O)O.[2H]/C(=C\[C@H]1OC[C@H](F)[C@@H]1OC(C)C)P(C)(=O)O.[2H]/C(=C\[C@H]1O[C@@H](c2ccccc2)[C@H](F)[C@@H]1OC(C)C)P(=O)(O)CO.[2H]/C(=C\[C@H]1O[C@@H](c2ccccc2)[C@H](F)[C@@H]1OC(C)C)P(=O)(O)O.[2H]/C(=C\[C@H]1O[C@@H](c2ccccc2)[C@H](F)[C@@H]1OC(C)C)P(C)(=O)O. The molecule has 40 heteroatoms. The monoisotopic (exact) mass is 1780 g/mol. The zero-order valence-electron chi connectivity index (χ0n) is 72.5. The average molecular weight is 1780 g/mol. The topological polar surface area (TPSA) is 415 Å². The van der Waals surface area contributed by atoms with E-state index in [4.69, 9.17) is 94.9 Å². The van der Waals surface area contributed by atoms with Gasteiger partial charge in [0.2, 0.25) is 29.5 Å². The normalized spacial score (nSPS) is 33.1. The van der Waals surface area contributed by atoms with Gasteiger partial charge < -0.3 is 106 Å². The van der Waals surface area contributed by atoms with E-state index in [1.807, 2.05) is 6.07 Å². The lowest BCUT2D eigenvalue weighted by Crippen LogP contribution is -2.32. The summed E-state index contributed by atoms with van der Waals surface area (Å²) in [5.41, 5.74) is 1.90. The van der Waals surface area contributed by atoms with Crippen molar-refractivity contribution in [1.82, 2.24) is 0 Å². The number of benzene rings is 3. The average Bonchev–Trinajstić information content (AvgIpc) is 1.63. The molecule has 0 amide bonds. The molecular weight excluding hydrogens is 1660 g/mol. The van der Waals surface area contributed by atoms with Gasteiger partial charge in [0.25, 0.3) is 0 Å². The van der Waals surface area contributed by atoms with E-state index in [-0.39, 0.29) is 56.4 Å². The van der Waals surface area contributed by atoms with Crippen LogP contribution in [0.15, 0.2) is 162 Å². The maximum absolute atomic E-state index is 14.9. The first kappa shape index (κ1) is 94.4. The second-order valence-electron chi connectivity index (χ2n) is 28.8. The zero-order chi connectivity index (χ0) is 92.7. The standard InChI is InChI=1S/C16H22FO5P.C16H22FO4P.C15H20FO5P.C10H18FO5P.C10H18FO4P.C9H16FO5P/c1-11(2)21-16-13(8-9-23(19,20)10-18)22-15(14(16)17)12-6-4-3-5-7-12;1-11(2)20-16-13(9-10-22(3,18)19)21-15(14(16)17)12-7-5-4-6-8-12;1-10(2)20-15-12(8-9-22(17,18)19)21-14(13(15)16)11-6-4-3-5-7-11;1-7(2)16-10-8(11)5-15-9(10)3-4-17(13,14)6-12;1-7(2)15-10-8(11)6-14-9(10)4-5-16(3,12)13;1-6(2)15-9-7(10)5-14-8(9)3-4-16(11,12)13/h3-9,11,13-16,18H,10H2,1-2H3,(H,19,20);4-11,13-16H,1-3H3,(H,18,19);3-10,12-15H,1-2H3,(H2,17,18,19);3-4,7-10,12H,5-6H2,1-2H3,(H,13,14);4-5,7-10H,6H2,1-3H3,(H,12,13);3-4,6-9H,5H2,1-2H3,(H2,11,12,13)/b9-8+;10-9+;9-8+;4-3+;5-4+;4-3+/t2*13-,14+,15+,16-;12-,13+,14+,15-;2*8-,9+,10-;7-,8+,9-/m111000/s1/i9D;10D;9D;4D;5D;4D. The minimum Gasteiger partial charge on any atom is -0.386 e. The Kier molecular flexibility index (Phi) is 39.8. The number of hydrogen-bond acceptors (Lipinski definition) is 20. The summed E-state index contributed by atoms with van der Waals surface area (Å²) in [6, 6.07) is 26.4. The van der Waals surface area contributed by atoms with Gasteiger partial charge in [0.15, 0.2) is 37.0 Å². The van der Waals surface area contributed by atoms with Crippen LogP contribution >= 0.6 is 44.7 Å². The Labute approximate surface area is 683 Å². The van der Waals surface area contributed by atoms with Crippen molar-refractivity contribution >= 4 is 44.7 Å². The molecule has 3 aromatic carbocycles. The number of hydrogen-bond donors (Lipinski definition) is 10. The number of aliphatic hydroxyl groups is 2. The molecule has 10 N–H and O–H groups in total. The molecule has 25 atom stereocenters. The maximum atomic E-state index is 14.9. The number of alkyl halides is 6. The molecule has 0 saturated carbocycles. The van der Waals surface area contributed by atoms with E-state index >= 15 is 0 Å². The highest BCUT2D eigenvalue weighted by Gasteiger charge is 2.49. The van der Waals surface area contributed by atoms with Gasteiger partial charge in [0.05, 0.1) is 64.7 Å². The second kappa shape index (κ2) is 48.9. The first-order valence-electron chi connectivity index (χ1n) is 39.8. The van der Waals surface area contributed by atoms with E-state index < -0.39 is 221 Å². The Morgan fingerprint density at radius 1 is 0.353 bits per heavy atom. The predicted molar refractivity (Wildman–Crippen MR) is 425 cm³/mol. The van der Waals surface area contributed by atoms with Crippen LogP contribution in [-0.4, -0.2) is 242 Å². The third kappa shape index (κ3) is 38.3. The summed E-state index contributed by atoms with van der Waals surface area (Å²) in [4.78, 5) is 73.0. The van der Waals surface area contributed by atoms with Crippen LogP contribution in [0.1, 0.15) is 126 Å². The third-order valence-corrected chi connectivity index (χ3v) is 20.2. The maximum Gasteiger partial charge on any atom is 0.348 e. The fraction of sp³-hybridized carbons (Fsp3) is 0.605. The van der Waals surface area contributed by atoms with E-state index in [2.05, 4.69) is 0 Å². The highest BCUT2D eigenvalue weighted by atomic mass is 31.2. The van der Waals surface area contributed by atoms with E-state index in [0.717, 1.165) is 43.7 Å². The Morgan fingerprint density at radius 3 is 0.784 bits per heavy atom. The Hall–Kier alpha value is -3.82. The molecule has 9 rings (SSSR count). The predicted octanol–water partition coefficient (Wildman–Crippen LogP) is 14.0. The highest BCUT2D eigenvalue weighted by Crippen LogP contribution is 2.47. The summed E-state index contributed by atoms with van der Waals surface area (Å²) < 4.78 is 262. The van der Waals surface area contributed by atoms with Crippen LogP contribution in [-0.2, 0) is 84.2 Å². The van der Waals surface area contributed by atoms with Gasteiger partial charge in [-0.25, -0.2) is 26.3 Å². The molecule has 116 heavy (non-hydrogen) atoms. The van der Waals surface area contributed by atoms with Crippen LogP contribution < -0.4 is 0 Å². The van der Waals surface area contributed by atoms with Crippen LogP contribution in [0.5, 0.6) is 0 Å². The second-order valence-corrected chi connectivity index (χ2v) is 39.4. The van der Waals surface area contributed by atoms with E-state index in [0.29, 0.717) is 16.7 Å². The molecule has 28 nitrogen and oxygen atoms in total. The quantitative estimate of drug-likeness (QED) is 0.0228. The number of ether oxygens (including phenoxy) is 12. The molecular formula is C76H116F6O28P6. The van der Waals surface area contributed by atoms with Crippen molar-refractivity contribution in [2.75, 3.05) is 45.8 Å². The third-order valence-electron chi connectivity index (χ3n) is 16.1. The van der Waals surface area contributed by atoms with Gasteiger partial charge >= 0.3 is 15.2 Å². The minimum absolute atomic E-state index is 0.120. The van der Waals surface area contributed by atoms with Crippen LogP contribution in [0.4, 0.5) is 26.3 Å². The Balaban J connectivity index is 0.000000309. The molecule has 6 fully saturated rings. The first-order chi connectivity index (χ1) is 56.4. The lowest BCUT2D eigenvalue weighted by atomic mass is 10.0. The summed E-state index contributed by atoms with van der Waals surface area (Å²) >= 11 is 0. The first-order valence-corrected chi connectivity index (χ1v) is 47.9. The lowest BCUT2D eigenvalue weighted by Gasteiger charge is -2.20. The molecule has 0 radical (unpaired) electrons. The van der Waals surface area contributed by atoms with Gasteiger partial charge in [-0.3, -0.25) is 27.4 Å².